The van der Waals surface area contributed by atoms with Crippen LogP contribution >= 0.6 is 11.3 Å². The zero-order chi connectivity index (χ0) is 20.2. The molecule has 0 radical (unpaired) electrons. The lowest BCUT2D eigenvalue weighted by molar-refractivity contribution is 0.439. The van der Waals surface area contributed by atoms with Gasteiger partial charge in [0, 0.05) is 11.1 Å². The normalized spacial score (nSPS) is 19.6. The van der Waals surface area contributed by atoms with Crippen LogP contribution < -0.4 is 10.9 Å². The van der Waals surface area contributed by atoms with Gasteiger partial charge < -0.3 is 10.8 Å². The molecule has 0 fully saturated rings. The first-order chi connectivity index (χ1) is 12.3. The van der Waals surface area contributed by atoms with Crippen LogP contribution in [0.2, 0.25) is 0 Å². The number of sulfone groups is 1. The number of sulfonamides is 1. The van der Waals surface area contributed by atoms with Crippen LogP contribution in [0.5, 0.6) is 5.75 Å². The lowest BCUT2D eigenvalue weighted by Crippen LogP contribution is -2.29. The Morgan fingerprint density at radius 2 is 1.96 bits per heavy atom. The number of nitrogens with two attached hydrogens (primary N) is 2. The Hall–Kier alpha value is -1.46. The molecule has 1 unspecified atom stereocenters. The van der Waals surface area contributed by atoms with Crippen LogP contribution in [0.15, 0.2) is 32.7 Å². The molecule has 0 saturated carbocycles. The number of fused-ring (bicyclic) bond motifs is 1. The average Bonchev–Trinajstić information content (AvgIpc) is 2.93. The van der Waals surface area contributed by atoms with Crippen molar-refractivity contribution in [3.63, 3.8) is 0 Å². The number of benzene rings is 1. The van der Waals surface area contributed by atoms with Crippen LogP contribution in [0, 0.1) is 5.92 Å². The fraction of sp³-hybridized carbons (Fsp3) is 0.412. The summed E-state index contributed by atoms with van der Waals surface area (Å²) in [6.45, 7) is 3.56. The Morgan fingerprint density at radius 3 is 2.56 bits per heavy atom. The lowest BCUT2D eigenvalue weighted by atomic mass is 9.89. The molecule has 2 aromatic rings. The van der Waals surface area contributed by atoms with Crippen molar-refractivity contribution < 1.29 is 21.9 Å². The summed E-state index contributed by atoms with van der Waals surface area (Å²) >= 11 is 0.715. The highest BCUT2D eigenvalue weighted by Crippen LogP contribution is 2.38. The van der Waals surface area contributed by atoms with Crippen LogP contribution in [0.25, 0.3) is 0 Å². The van der Waals surface area contributed by atoms with Crippen molar-refractivity contribution in [3.8, 4) is 5.75 Å². The number of hydrogen-bond acceptors (Lipinski definition) is 7. The van der Waals surface area contributed by atoms with Crippen molar-refractivity contribution in [1.29, 1.82) is 0 Å². The van der Waals surface area contributed by atoms with Crippen LogP contribution in [0.3, 0.4) is 0 Å². The smallest absolute Gasteiger partial charge is 0.247 e. The molecule has 0 bridgehead atoms. The van der Waals surface area contributed by atoms with Gasteiger partial charge in [0.1, 0.15) is 14.2 Å². The van der Waals surface area contributed by atoms with Gasteiger partial charge in [0.25, 0.3) is 0 Å². The third-order valence-corrected chi connectivity index (χ3v) is 9.70. The number of hydrogen-bond donors (Lipinski definition) is 3. The van der Waals surface area contributed by atoms with E-state index < -0.39 is 25.4 Å². The number of phenolic OH excluding ortho intramolecular Hbond substituents is 1. The number of thiophene rings is 1. The molecular weight excluding hydrogens is 408 g/mol. The van der Waals surface area contributed by atoms with E-state index in [2.05, 4.69) is 0 Å². The molecule has 10 heteroatoms. The standard InChI is InChI=1S/C17H22N2O5S3/c1-17(2,18)13-7-10(3-4-14(13)20)5-11-6-12-8-15(27(19,23)24)25-16(12)26(21,22)9-11/h3-4,7-8,11,20H,5-6,9,18H2,1-2H3,(H2,19,23,24). The maximum atomic E-state index is 12.6. The predicted molar refractivity (Wildman–Crippen MR) is 104 cm³/mol. The molecule has 1 atom stereocenters. The largest absolute Gasteiger partial charge is 0.508 e. The highest BCUT2D eigenvalue weighted by atomic mass is 32.3. The Morgan fingerprint density at radius 1 is 1.30 bits per heavy atom. The van der Waals surface area contributed by atoms with Crippen molar-refractivity contribution in [1.82, 2.24) is 0 Å². The van der Waals surface area contributed by atoms with Crippen molar-refractivity contribution in [3.05, 3.63) is 41.0 Å². The second-order valence-electron chi connectivity index (χ2n) is 7.55. The third-order valence-electron chi connectivity index (χ3n) is 4.55. The number of rotatable bonds is 4. The molecule has 1 aromatic heterocycles. The Bertz CT molecular complexity index is 1100. The van der Waals surface area contributed by atoms with E-state index in [1.54, 1.807) is 32.0 Å². The topological polar surface area (TPSA) is 141 Å². The lowest BCUT2D eigenvalue weighted by Gasteiger charge is -2.24. The van der Waals surface area contributed by atoms with Gasteiger partial charge >= 0.3 is 0 Å². The molecular formula is C17H22N2O5S3. The average molecular weight is 431 g/mol. The van der Waals surface area contributed by atoms with Crippen molar-refractivity contribution in [2.24, 2.45) is 16.8 Å². The summed E-state index contributed by atoms with van der Waals surface area (Å²) in [5.74, 6) is -0.170. The van der Waals surface area contributed by atoms with Crippen molar-refractivity contribution in [2.45, 2.75) is 40.6 Å². The number of primary sulfonamides is 1. The SMILES string of the molecule is CC(C)(N)c1cc(CC2Cc3cc(S(N)(=O)=O)sc3S(=O)(=O)C2)ccc1O. The molecule has 0 aliphatic carbocycles. The zero-order valence-electron chi connectivity index (χ0n) is 15.0. The molecule has 2 heterocycles. The molecule has 3 rings (SSSR count). The van der Waals surface area contributed by atoms with Crippen molar-refractivity contribution >= 4 is 31.2 Å². The first-order valence-corrected chi connectivity index (χ1v) is 12.3. The van der Waals surface area contributed by atoms with E-state index in [4.69, 9.17) is 10.9 Å². The summed E-state index contributed by atoms with van der Waals surface area (Å²) in [4.78, 5) is 0. The fourth-order valence-electron chi connectivity index (χ4n) is 3.38. The molecule has 1 aliphatic rings. The third kappa shape index (κ3) is 4.19. The monoisotopic (exact) mass is 430 g/mol. The van der Waals surface area contributed by atoms with Crippen LogP contribution in [0.4, 0.5) is 0 Å². The molecule has 27 heavy (non-hydrogen) atoms. The molecule has 0 spiro atoms. The van der Waals surface area contributed by atoms with Gasteiger partial charge in [0.05, 0.1) is 5.75 Å². The summed E-state index contributed by atoms with van der Waals surface area (Å²) in [6, 6.07) is 6.47. The summed E-state index contributed by atoms with van der Waals surface area (Å²) in [6.07, 6.45) is 0.922. The van der Waals surface area contributed by atoms with E-state index in [1.165, 1.54) is 6.07 Å². The Labute approximate surface area is 163 Å². The van der Waals surface area contributed by atoms with Gasteiger partial charge in [-0.3, -0.25) is 0 Å². The van der Waals surface area contributed by atoms with E-state index >= 15 is 0 Å². The number of phenols is 1. The van der Waals surface area contributed by atoms with E-state index in [0.29, 0.717) is 35.3 Å². The van der Waals surface area contributed by atoms with E-state index in [0.717, 1.165) is 5.56 Å². The quantitative estimate of drug-likeness (QED) is 0.671. The van der Waals surface area contributed by atoms with E-state index in [9.17, 15) is 21.9 Å². The minimum atomic E-state index is -3.94. The first-order valence-electron chi connectivity index (χ1n) is 8.27. The van der Waals surface area contributed by atoms with Gasteiger partial charge in [-0.05, 0) is 55.9 Å². The van der Waals surface area contributed by atoms with Gasteiger partial charge in [0.2, 0.25) is 10.0 Å². The maximum Gasteiger partial charge on any atom is 0.247 e. The fourth-order valence-corrected chi connectivity index (χ4v) is 7.75. The maximum absolute atomic E-state index is 12.6. The van der Waals surface area contributed by atoms with Gasteiger partial charge in [-0.15, -0.1) is 11.3 Å². The second kappa shape index (κ2) is 6.56. The van der Waals surface area contributed by atoms with Gasteiger partial charge in [-0.1, -0.05) is 12.1 Å². The van der Waals surface area contributed by atoms with Gasteiger partial charge in [-0.2, -0.15) is 0 Å². The van der Waals surface area contributed by atoms with Crippen LogP contribution in [0.1, 0.15) is 30.5 Å². The van der Waals surface area contributed by atoms with Gasteiger partial charge in [0.15, 0.2) is 9.84 Å². The summed E-state index contributed by atoms with van der Waals surface area (Å²) < 4.78 is 48.3. The molecule has 1 aliphatic heterocycles. The highest BCUT2D eigenvalue weighted by molar-refractivity contribution is 7.95. The predicted octanol–water partition coefficient (Wildman–Crippen LogP) is 1.48. The Kier molecular flexibility index (Phi) is 4.92. The first kappa shape index (κ1) is 20.3. The molecule has 7 nitrogen and oxygen atoms in total. The van der Waals surface area contributed by atoms with Crippen LogP contribution in [-0.4, -0.2) is 27.7 Å². The van der Waals surface area contributed by atoms with Gasteiger partial charge in [-0.25, -0.2) is 22.0 Å². The van der Waals surface area contributed by atoms with E-state index in [-0.39, 0.29) is 25.8 Å². The second-order valence-corrected chi connectivity index (χ2v) is 12.6. The van der Waals surface area contributed by atoms with Crippen LogP contribution in [-0.2, 0) is 38.2 Å². The highest BCUT2D eigenvalue weighted by Gasteiger charge is 2.34. The minimum Gasteiger partial charge on any atom is -0.508 e. The zero-order valence-corrected chi connectivity index (χ0v) is 17.4. The molecule has 1 aromatic carbocycles. The summed E-state index contributed by atoms with van der Waals surface area (Å²) in [7, 11) is -7.51. The Balaban J connectivity index is 1.92. The molecule has 5 N–H and O–H groups in total. The number of aromatic hydroxyl groups is 1. The minimum absolute atomic E-state index is 0.0627. The summed E-state index contributed by atoms with van der Waals surface area (Å²) in [5, 5.41) is 15.2. The van der Waals surface area contributed by atoms with E-state index in [1.807, 2.05) is 0 Å². The molecule has 0 amide bonds. The molecule has 148 valence electrons. The molecule has 0 saturated heterocycles. The van der Waals surface area contributed by atoms with Crippen molar-refractivity contribution in [2.75, 3.05) is 5.75 Å². The summed E-state index contributed by atoms with van der Waals surface area (Å²) in [5.41, 5.74) is 7.31.